The molecular formula is C14H25N3O4. The molecule has 2 aliphatic rings. The van der Waals surface area contributed by atoms with Crippen LogP contribution < -0.4 is 5.32 Å². The fourth-order valence-corrected chi connectivity index (χ4v) is 3.10. The number of aliphatic carboxylic acids is 1. The first-order valence-electron chi connectivity index (χ1n) is 7.68. The molecule has 0 aliphatic carbocycles. The molecule has 0 bridgehead atoms. The van der Waals surface area contributed by atoms with Gasteiger partial charge in [-0.15, -0.1) is 0 Å². The summed E-state index contributed by atoms with van der Waals surface area (Å²) >= 11 is 0. The molecule has 1 unspecified atom stereocenters. The molecule has 3 atom stereocenters. The van der Waals surface area contributed by atoms with Crippen LogP contribution in [0, 0.1) is 0 Å². The molecule has 2 aliphatic heterocycles. The molecule has 2 amide bonds. The van der Waals surface area contributed by atoms with E-state index in [1.54, 1.807) is 0 Å². The summed E-state index contributed by atoms with van der Waals surface area (Å²) in [6.45, 7) is 4.76. The van der Waals surface area contributed by atoms with Crippen LogP contribution in [0.25, 0.3) is 0 Å². The summed E-state index contributed by atoms with van der Waals surface area (Å²) < 4.78 is 0. The zero-order valence-electron chi connectivity index (χ0n) is 12.5. The Hall–Kier alpha value is -1.34. The van der Waals surface area contributed by atoms with Crippen LogP contribution >= 0.6 is 0 Å². The quantitative estimate of drug-likeness (QED) is 0.684. The van der Waals surface area contributed by atoms with Crippen molar-refractivity contribution in [2.24, 2.45) is 0 Å². The third-order valence-electron chi connectivity index (χ3n) is 4.39. The molecule has 0 saturated carbocycles. The van der Waals surface area contributed by atoms with E-state index in [4.69, 9.17) is 5.11 Å². The molecule has 2 heterocycles. The molecule has 3 N–H and O–H groups in total. The Morgan fingerprint density at radius 3 is 2.57 bits per heavy atom. The molecule has 2 saturated heterocycles. The van der Waals surface area contributed by atoms with E-state index >= 15 is 0 Å². The van der Waals surface area contributed by atoms with Gasteiger partial charge in [0.15, 0.2) is 0 Å². The second kappa shape index (κ2) is 7.09. The highest BCUT2D eigenvalue weighted by Crippen LogP contribution is 2.18. The summed E-state index contributed by atoms with van der Waals surface area (Å²) in [6.07, 6.45) is 3.00. The number of hydrogen-bond donors (Lipinski definition) is 3. The van der Waals surface area contributed by atoms with Gasteiger partial charge in [0.05, 0.1) is 6.10 Å². The number of nitrogens with zero attached hydrogens (tertiary/aromatic N) is 2. The summed E-state index contributed by atoms with van der Waals surface area (Å²) in [7, 11) is 0. The zero-order chi connectivity index (χ0) is 15.4. The van der Waals surface area contributed by atoms with Gasteiger partial charge in [0.25, 0.3) is 0 Å². The molecule has 0 aromatic carbocycles. The van der Waals surface area contributed by atoms with Crippen molar-refractivity contribution in [3.8, 4) is 0 Å². The molecule has 120 valence electrons. The lowest BCUT2D eigenvalue weighted by molar-refractivity contribution is -0.141. The summed E-state index contributed by atoms with van der Waals surface area (Å²) in [5.74, 6) is -1.06. The van der Waals surface area contributed by atoms with E-state index in [-0.39, 0.29) is 19.0 Å². The molecule has 21 heavy (non-hydrogen) atoms. The van der Waals surface area contributed by atoms with Crippen molar-refractivity contribution in [1.82, 2.24) is 15.1 Å². The van der Waals surface area contributed by atoms with Crippen LogP contribution in [0.3, 0.4) is 0 Å². The number of urea groups is 1. The standard InChI is InChI=1S/C14H25N3O4/c1-10(16-5-3-2-4-6-16)8-15-14(21)17-9-11(18)7-12(17)13(19)20/h10-12,18H,2-9H2,1H3,(H,15,21)(H,19,20)/t10?,11-,12-/m0/s1. The minimum absolute atomic E-state index is 0.0842. The Bertz CT molecular complexity index is 384. The number of aliphatic hydroxyl groups excluding tert-OH is 1. The van der Waals surface area contributed by atoms with Gasteiger partial charge in [0.1, 0.15) is 6.04 Å². The lowest BCUT2D eigenvalue weighted by Crippen LogP contribution is -2.50. The summed E-state index contributed by atoms with van der Waals surface area (Å²) in [6, 6.07) is -1.09. The number of carboxylic acid groups (broad SMARTS) is 1. The maximum atomic E-state index is 12.1. The number of piperidine rings is 1. The van der Waals surface area contributed by atoms with Crippen LogP contribution in [0.1, 0.15) is 32.6 Å². The Morgan fingerprint density at radius 2 is 1.95 bits per heavy atom. The van der Waals surface area contributed by atoms with Gasteiger partial charge in [-0.05, 0) is 32.9 Å². The molecule has 0 aromatic rings. The fraction of sp³-hybridized carbons (Fsp3) is 0.857. The van der Waals surface area contributed by atoms with Crippen LogP contribution in [0.5, 0.6) is 0 Å². The monoisotopic (exact) mass is 299 g/mol. The van der Waals surface area contributed by atoms with E-state index in [0.29, 0.717) is 6.54 Å². The number of β-amino-alcohol motifs (C(OH)–C–C–N with tert-alkyl or cyclic N) is 1. The average molecular weight is 299 g/mol. The highest BCUT2D eigenvalue weighted by molar-refractivity contribution is 5.83. The van der Waals surface area contributed by atoms with Crippen molar-refractivity contribution < 1.29 is 19.8 Å². The van der Waals surface area contributed by atoms with Gasteiger partial charge in [0, 0.05) is 25.6 Å². The number of carbonyl (C=O) groups excluding carboxylic acids is 1. The third kappa shape index (κ3) is 4.07. The molecule has 2 rings (SSSR count). The maximum Gasteiger partial charge on any atom is 0.326 e. The number of carboxylic acids is 1. The van der Waals surface area contributed by atoms with Gasteiger partial charge in [-0.25, -0.2) is 9.59 Å². The normalized spacial score (nSPS) is 28.4. The molecule has 2 fully saturated rings. The molecule has 0 aromatic heterocycles. The van der Waals surface area contributed by atoms with E-state index in [2.05, 4.69) is 17.1 Å². The highest BCUT2D eigenvalue weighted by Gasteiger charge is 2.39. The second-order valence-corrected chi connectivity index (χ2v) is 6.03. The minimum atomic E-state index is -1.06. The van der Waals surface area contributed by atoms with E-state index < -0.39 is 24.1 Å². The first-order valence-corrected chi connectivity index (χ1v) is 7.68. The fourth-order valence-electron chi connectivity index (χ4n) is 3.10. The van der Waals surface area contributed by atoms with Gasteiger partial charge in [-0.1, -0.05) is 6.42 Å². The minimum Gasteiger partial charge on any atom is -0.480 e. The van der Waals surface area contributed by atoms with Gasteiger partial charge in [-0.3, -0.25) is 4.90 Å². The molecule has 0 spiro atoms. The van der Waals surface area contributed by atoms with Crippen LogP contribution in [0.2, 0.25) is 0 Å². The predicted molar refractivity (Wildman–Crippen MR) is 77.0 cm³/mol. The molecule has 0 radical (unpaired) electrons. The third-order valence-corrected chi connectivity index (χ3v) is 4.39. The van der Waals surface area contributed by atoms with E-state index in [1.165, 1.54) is 24.2 Å². The number of rotatable bonds is 4. The van der Waals surface area contributed by atoms with Gasteiger partial charge >= 0.3 is 12.0 Å². The number of nitrogens with one attached hydrogen (secondary N) is 1. The molecule has 7 nitrogen and oxygen atoms in total. The average Bonchev–Trinajstić information content (AvgIpc) is 2.87. The zero-order valence-corrected chi connectivity index (χ0v) is 12.5. The van der Waals surface area contributed by atoms with Crippen molar-refractivity contribution in [3.63, 3.8) is 0 Å². The summed E-state index contributed by atoms with van der Waals surface area (Å²) in [5, 5.41) is 21.4. The summed E-state index contributed by atoms with van der Waals surface area (Å²) in [4.78, 5) is 26.8. The first-order chi connectivity index (χ1) is 9.99. The summed E-state index contributed by atoms with van der Waals surface area (Å²) in [5.41, 5.74) is 0. The smallest absolute Gasteiger partial charge is 0.326 e. The van der Waals surface area contributed by atoms with Crippen molar-refractivity contribution in [2.45, 2.75) is 50.8 Å². The van der Waals surface area contributed by atoms with Crippen LogP contribution in [0.15, 0.2) is 0 Å². The Kier molecular flexibility index (Phi) is 5.41. The number of hydrogen-bond acceptors (Lipinski definition) is 4. The van der Waals surface area contributed by atoms with E-state index in [9.17, 15) is 14.7 Å². The maximum absolute atomic E-state index is 12.1. The van der Waals surface area contributed by atoms with Crippen molar-refractivity contribution in [2.75, 3.05) is 26.2 Å². The van der Waals surface area contributed by atoms with Crippen LogP contribution in [-0.2, 0) is 4.79 Å². The Balaban J connectivity index is 1.81. The number of aliphatic hydroxyl groups is 1. The highest BCUT2D eigenvalue weighted by atomic mass is 16.4. The van der Waals surface area contributed by atoms with E-state index in [0.717, 1.165) is 13.1 Å². The number of amides is 2. The SMILES string of the molecule is CC(CNC(=O)N1C[C@@H](O)C[C@H]1C(=O)O)N1CCCCC1. The van der Waals surface area contributed by atoms with Gasteiger partial charge < -0.3 is 20.4 Å². The van der Waals surface area contributed by atoms with Gasteiger partial charge in [-0.2, -0.15) is 0 Å². The van der Waals surface area contributed by atoms with Crippen LogP contribution in [-0.4, -0.2) is 76.4 Å². The van der Waals surface area contributed by atoms with E-state index in [1.807, 2.05) is 0 Å². The Morgan fingerprint density at radius 1 is 1.29 bits per heavy atom. The Labute approximate surface area is 124 Å². The number of carbonyl (C=O) groups is 2. The van der Waals surface area contributed by atoms with Crippen molar-refractivity contribution in [3.05, 3.63) is 0 Å². The van der Waals surface area contributed by atoms with Crippen molar-refractivity contribution >= 4 is 12.0 Å². The lowest BCUT2D eigenvalue weighted by Gasteiger charge is -2.33. The first kappa shape index (κ1) is 16.0. The second-order valence-electron chi connectivity index (χ2n) is 6.03. The number of likely N-dealkylation sites (tertiary alicyclic amines) is 2. The topological polar surface area (TPSA) is 93.1 Å². The largest absolute Gasteiger partial charge is 0.480 e. The molecular weight excluding hydrogens is 274 g/mol. The van der Waals surface area contributed by atoms with Crippen LogP contribution in [0.4, 0.5) is 4.79 Å². The predicted octanol–water partition coefficient (Wildman–Crippen LogP) is 0.0902. The lowest BCUT2D eigenvalue weighted by atomic mass is 10.1. The van der Waals surface area contributed by atoms with Gasteiger partial charge in [0.2, 0.25) is 0 Å². The molecule has 7 heteroatoms. The van der Waals surface area contributed by atoms with Crippen molar-refractivity contribution in [1.29, 1.82) is 0 Å².